The fraction of sp³-hybridized carbons (Fsp3) is 0.667. The van der Waals surface area contributed by atoms with Gasteiger partial charge >= 0.3 is 0 Å². The van der Waals surface area contributed by atoms with Gasteiger partial charge in [0.1, 0.15) is 6.29 Å². The van der Waals surface area contributed by atoms with Crippen LogP contribution in [0.4, 0.5) is 0 Å². The molecule has 2 heteroatoms. The first-order valence-corrected chi connectivity index (χ1v) is 6.63. The van der Waals surface area contributed by atoms with Gasteiger partial charge in [0.15, 0.2) is 0 Å². The van der Waals surface area contributed by atoms with Gasteiger partial charge < -0.3 is 4.90 Å². The molecule has 0 amide bonds. The number of carbonyl (C=O) groups is 1. The topological polar surface area (TPSA) is 20.3 Å². The molecule has 2 aliphatic rings. The molecule has 94 valence electrons. The minimum atomic E-state index is 0.239. The molecule has 2 nitrogen and oxygen atoms in total. The quantitative estimate of drug-likeness (QED) is 0.683. The molecule has 0 radical (unpaired) electrons. The van der Waals surface area contributed by atoms with E-state index in [1.807, 2.05) is 6.08 Å². The fourth-order valence-corrected chi connectivity index (χ4v) is 3.61. The van der Waals surface area contributed by atoms with Gasteiger partial charge in [0.2, 0.25) is 0 Å². The van der Waals surface area contributed by atoms with Gasteiger partial charge in [-0.05, 0) is 51.2 Å². The first kappa shape index (κ1) is 12.4. The summed E-state index contributed by atoms with van der Waals surface area (Å²) in [5, 5.41) is 0. The zero-order valence-electron chi connectivity index (χ0n) is 11.4. The van der Waals surface area contributed by atoms with Crippen molar-refractivity contribution in [3.8, 4) is 0 Å². The van der Waals surface area contributed by atoms with Crippen molar-refractivity contribution in [3.63, 3.8) is 0 Å². The number of rotatable bonds is 2. The van der Waals surface area contributed by atoms with Gasteiger partial charge in [-0.1, -0.05) is 13.0 Å². The van der Waals surface area contributed by atoms with Crippen molar-refractivity contribution in [1.82, 2.24) is 4.90 Å². The number of allylic oxidation sites excluding steroid dienone is 4. The van der Waals surface area contributed by atoms with Crippen LogP contribution in [0.3, 0.4) is 0 Å². The van der Waals surface area contributed by atoms with Gasteiger partial charge in [-0.15, -0.1) is 0 Å². The number of fused-ring (bicyclic) bond motifs is 1. The van der Waals surface area contributed by atoms with Gasteiger partial charge in [-0.25, -0.2) is 0 Å². The summed E-state index contributed by atoms with van der Waals surface area (Å²) in [6.45, 7) is 10.2. The van der Waals surface area contributed by atoms with Crippen LogP contribution in [0.15, 0.2) is 23.4 Å². The van der Waals surface area contributed by atoms with Crippen LogP contribution in [0.1, 0.15) is 40.5 Å². The van der Waals surface area contributed by atoms with Crippen LogP contribution in [0.5, 0.6) is 0 Å². The number of aldehydes is 1. The lowest BCUT2D eigenvalue weighted by atomic mass is 9.71. The number of nitrogens with zero attached hydrogens (tertiary/aromatic N) is 1. The number of piperidine rings is 1. The maximum Gasteiger partial charge on any atom is 0.146 e. The van der Waals surface area contributed by atoms with Crippen LogP contribution in [-0.4, -0.2) is 23.3 Å². The second-order valence-electron chi connectivity index (χ2n) is 6.00. The SMILES string of the molecule is CCN1C2=CC=C(C=O)CC2C(C)CC1(C)C. The molecule has 1 saturated heterocycles. The van der Waals surface area contributed by atoms with E-state index in [0.717, 1.165) is 24.8 Å². The summed E-state index contributed by atoms with van der Waals surface area (Å²) in [7, 11) is 0. The van der Waals surface area contributed by atoms with Crippen molar-refractivity contribution >= 4 is 6.29 Å². The summed E-state index contributed by atoms with van der Waals surface area (Å²) in [5.74, 6) is 1.19. The second-order valence-corrected chi connectivity index (χ2v) is 6.00. The molecule has 0 spiro atoms. The summed E-state index contributed by atoms with van der Waals surface area (Å²) >= 11 is 0. The van der Waals surface area contributed by atoms with Crippen LogP contribution in [0.2, 0.25) is 0 Å². The first-order valence-electron chi connectivity index (χ1n) is 6.63. The molecule has 2 rings (SSSR count). The highest BCUT2D eigenvalue weighted by Gasteiger charge is 2.41. The molecule has 0 bridgehead atoms. The van der Waals surface area contributed by atoms with Gasteiger partial charge in [0, 0.05) is 23.7 Å². The molecule has 2 unspecified atom stereocenters. The first-order chi connectivity index (χ1) is 7.99. The van der Waals surface area contributed by atoms with Crippen LogP contribution in [0.25, 0.3) is 0 Å². The standard InChI is InChI=1S/C15H23NO/c1-5-16-14-7-6-12(10-17)8-13(14)11(2)9-15(16,3)4/h6-7,10-11,13H,5,8-9H2,1-4H3. The van der Waals surface area contributed by atoms with Crippen molar-refractivity contribution in [2.45, 2.75) is 46.1 Å². The highest BCUT2D eigenvalue weighted by Crippen LogP contribution is 2.44. The summed E-state index contributed by atoms with van der Waals surface area (Å²) in [5.41, 5.74) is 2.62. The molecule has 0 N–H and O–H groups in total. The van der Waals surface area contributed by atoms with E-state index in [0.29, 0.717) is 11.8 Å². The predicted octanol–water partition coefficient (Wildman–Crippen LogP) is 3.16. The van der Waals surface area contributed by atoms with Crippen LogP contribution >= 0.6 is 0 Å². The molecule has 1 aliphatic carbocycles. The highest BCUT2D eigenvalue weighted by atomic mass is 16.1. The molecule has 0 saturated carbocycles. The molecule has 1 fully saturated rings. The third-order valence-electron chi connectivity index (χ3n) is 4.32. The fourth-order valence-electron chi connectivity index (χ4n) is 3.61. The van der Waals surface area contributed by atoms with E-state index < -0.39 is 0 Å². The van der Waals surface area contributed by atoms with E-state index in [1.54, 1.807) is 0 Å². The Morgan fingerprint density at radius 1 is 1.47 bits per heavy atom. The Kier molecular flexibility index (Phi) is 3.15. The van der Waals surface area contributed by atoms with Crippen molar-refractivity contribution in [2.75, 3.05) is 6.54 Å². The molecular weight excluding hydrogens is 210 g/mol. The van der Waals surface area contributed by atoms with Crippen molar-refractivity contribution in [3.05, 3.63) is 23.4 Å². The number of likely N-dealkylation sites (tertiary alicyclic amines) is 1. The number of carbonyl (C=O) groups excluding carboxylic acids is 1. The van der Waals surface area contributed by atoms with Gasteiger partial charge in [-0.2, -0.15) is 0 Å². The third kappa shape index (κ3) is 2.05. The lowest BCUT2D eigenvalue weighted by Gasteiger charge is -2.52. The minimum Gasteiger partial charge on any atom is -0.370 e. The largest absolute Gasteiger partial charge is 0.370 e. The molecule has 1 aliphatic heterocycles. The Hall–Kier alpha value is -1.05. The molecule has 1 heterocycles. The Bertz CT molecular complexity index is 378. The Morgan fingerprint density at radius 2 is 2.18 bits per heavy atom. The lowest BCUT2D eigenvalue weighted by Crippen LogP contribution is -2.51. The summed E-state index contributed by atoms with van der Waals surface area (Å²) < 4.78 is 0. The number of hydrogen-bond donors (Lipinski definition) is 0. The molecule has 2 atom stereocenters. The van der Waals surface area contributed by atoms with Gasteiger partial charge in [-0.3, -0.25) is 4.79 Å². The monoisotopic (exact) mass is 233 g/mol. The maximum absolute atomic E-state index is 10.9. The molecular formula is C15H23NO. The molecule has 0 aromatic rings. The lowest BCUT2D eigenvalue weighted by molar-refractivity contribution is -0.105. The Labute approximate surface area is 104 Å². The zero-order chi connectivity index (χ0) is 12.6. The van der Waals surface area contributed by atoms with E-state index in [4.69, 9.17) is 0 Å². The van der Waals surface area contributed by atoms with Gasteiger partial charge in [0.05, 0.1) is 0 Å². The van der Waals surface area contributed by atoms with Crippen LogP contribution in [0, 0.1) is 11.8 Å². The predicted molar refractivity (Wildman–Crippen MR) is 70.6 cm³/mol. The smallest absolute Gasteiger partial charge is 0.146 e. The van der Waals surface area contributed by atoms with Crippen LogP contribution < -0.4 is 0 Å². The Morgan fingerprint density at radius 3 is 2.76 bits per heavy atom. The normalized spacial score (nSPS) is 31.4. The van der Waals surface area contributed by atoms with Crippen molar-refractivity contribution in [1.29, 1.82) is 0 Å². The summed E-state index contributed by atoms with van der Waals surface area (Å²) in [4.78, 5) is 13.4. The van der Waals surface area contributed by atoms with E-state index >= 15 is 0 Å². The van der Waals surface area contributed by atoms with E-state index in [9.17, 15) is 4.79 Å². The summed E-state index contributed by atoms with van der Waals surface area (Å²) in [6, 6.07) is 0. The average Bonchev–Trinajstić information content (AvgIpc) is 2.28. The summed E-state index contributed by atoms with van der Waals surface area (Å²) in [6.07, 6.45) is 7.29. The van der Waals surface area contributed by atoms with Gasteiger partial charge in [0.25, 0.3) is 0 Å². The molecule has 17 heavy (non-hydrogen) atoms. The zero-order valence-corrected chi connectivity index (χ0v) is 11.4. The van der Waals surface area contributed by atoms with Crippen molar-refractivity contribution in [2.24, 2.45) is 11.8 Å². The van der Waals surface area contributed by atoms with E-state index in [2.05, 4.69) is 38.7 Å². The number of hydrogen-bond acceptors (Lipinski definition) is 2. The van der Waals surface area contributed by atoms with Crippen LogP contribution in [-0.2, 0) is 4.79 Å². The maximum atomic E-state index is 10.9. The van der Waals surface area contributed by atoms with Crippen molar-refractivity contribution < 1.29 is 4.79 Å². The third-order valence-corrected chi connectivity index (χ3v) is 4.32. The van der Waals surface area contributed by atoms with E-state index in [-0.39, 0.29) is 5.54 Å². The highest BCUT2D eigenvalue weighted by molar-refractivity contribution is 5.74. The average molecular weight is 233 g/mol. The van der Waals surface area contributed by atoms with E-state index in [1.165, 1.54) is 12.1 Å². The molecule has 0 aromatic carbocycles. The second kappa shape index (κ2) is 4.32. The minimum absolute atomic E-state index is 0.239. The molecule has 0 aromatic heterocycles. The Balaban J connectivity index is 2.38.